The number of aromatic nitrogens is 2. The van der Waals surface area contributed by atoms with Crippen molar-refractivity contribution in [2.24, 2.45) is 0 Å². The molecule has 118 valence electrons. The van der Waals surface area contributed by atoms with Gasteiger partial charge in [-0.25, -0.2) is 9.97 Å². The highest BCUT2D eigenvalue weighted by Gasteiger charge is 2.33. The number of anilines is 1. The molecule has 0 aliphatic rings. The Balaban J connectivity index is 2.20. The van der Waals surface area contributed by atoms with Crippen LogP contribution in [0.1, 0.15) is 18.2 Å². The second kappa shape index (κ2) is 6.64. The molecule has 0 bridgehead atoms. The van der Waals surface area contributed by atoms with E-state index in [2.05, 4.69) is 9.97 Å². The second-order valence-electron chi connectivity index (χ2n) is 4.60. The van der Waals surface area contributed by atoms with Crippen LogP contribution in [0.15, 0.2) is 36.5 Å². The molecule has 4 nitrogen and oxygen atoms in total. The van der Waals surface area contributed by atoms with Gasteiger partial charge in [0.25, 0.3) is 0 Å². The van der Waals surface area contributed by atoms with E-state index in [1.165, 1.54) is 0 Å². The maximum Gasteiger partial charge on any atom is 0.433 e. The lowest BCUT2D eigenvalue weighted by atomic mass is 10.2. The summed E-state index contributed by atoms with van der Waals surface area (Å²) in [4.78, 5) is 9.23. The molecule has 1 aromatic carbocycles. The third-order valence-corrected chi connectivity index (χ3v) is 3.13. The molecule has 1 heterocycles. The van der Waals surface area contributed by atoms with Gasteiger partial charge in [0.1, 0.15) is 11.4 Å². The van der Waals surface area contributed by atoms with E-state index in [0.29, 0.717) is 13.1 Å². The predicted octanol–water partition coefficient (Wildman–Crippen LogP) is 3.53. The van der Waals surface area contributed by atoms with Gasteiger partial charge in [-0.05, 0) is 30.7 Å². The topological polar surface area (TPSA) is 38.2 Å². The first kappa shape index (κ1) is 16.1. The first-order chi connectivity index (χ1) is 10.4. The van der Waals surface area contributed by atoms with E-state index < -0.39 is 11.9 Å². The van der Waals surface area contributed by atoms with Gasteiger partial charge >= 0.3 is 6.18 Å². The van der Waals surface area contributed by atoms with E-state index in [9.17, 15) is 13.2 Å². The summed E-state index contributed by atoms with van der Waals surface area (Å²) in [6.45, 7) is 2.75. The molecule has 0 aliphatic carbocycles. The Morgan fingerprint density at radius 1 is 1.14 bits per heavy atom. The molecular weight excluding hydrogens is 295 g/mol. The van der Waals surface area contributed by atoms with E-state index in [-0.39, 0.29) is 5.95 Å². The summed E-state index contributed by atoms with van der Waals surface area (Å²) in [5.74, 6) is 0.787. The molecule has 1 aromatic heterocycles. The van der Waals surface area contributed by atoms with Crippen LogP contribution >= 0.6 is 0 Å². The summed E-state index contributed by atoms with van der Waals surface area (Å²) >= 11 is 0. The third-order valence-electron chi connectivity index (χ3n) is 3.13. The van der Waals surface area contributed by atoms with Crippen LogP contribution in [0.4, 0.5) is 19.1 Å². The van der Waals surface area contributed by atoms with Crippen LogP contribution in [-0.2, 0) is 12.7 Å². The summed E-state index contributed by atoms with van der Waals surface area (Å²) in [5.41, 5.74) is -0.00524. The van der Waals surface area contributed by atoms with Crippen molar-refractivity contribution in [2.75, 3.05) is 18.6 Å². The lowest BCUT2D eigenvalue weighted by molar-refractivity contribution is -0.141. The number of hydrogen-bond acceptors (Lipinski definition) is 4. The molecule has 2 aromatic rings. The quantitative estimate of drug-likeness (QED) is 0.846. The molecule has 0 spiro atoms. The Morgan fingerprint density at radius 3 is 2.36 bits per heavy atom. The van der Waals surface area contributed by atoms with E-state index >= 15 is 0 Å². The standard InChI is InChI=1S/C15H16F3N3O/c1-3-21(10-11-4-6-12(22-2)7-5-11)14-19-9-8-13(20-14)15(16,17)18/h4-9H,3,10H2,1-2H3. The third kappa shape index (κ3) is 3.87. The summed E-state index contributed by atoms with van der Waals surface area (Å²) < 4.78 is 43.2. The van der Waals surface area contributed by atoms with Gasteiger partial charge in [0.2, 0.25) is 5.95 Å². The molecule has 0 saturated carbocycles. The SMILES string of the molecule is CCN(Cc1ccc(OC)cc1)c1nccc(C(F)(F)F)n1. The first-order valence-electron chi connectivity index (χ1n) is 6.72. The fourth-order valence-corrected chi connectivity index (χ4v) is 1.93. The molecule has 0 fully saturated rings. The largest absolute Gasteiger partial charge is 0.497 e. The summed E-state index contributed by atoms with van der Waals surface area (Å²) in [6.07, 6.45) is -3.35. The summed E-state index contributed by atoms with van der Waals surface area (Å²) in [5, 5.41) is 0. The molecular formula is C15H16F3N3O. The predicted molar refractivity (Wildman–Crippen MR) is 76.8 cm³/mol. The molecule has 0 aliphatic heterocycles. The van der Waals surface area contributed by atoms with Gasteiger partial charge in [0.15, 0.2) is 0 Å². The molecule has 0 saturated heterocycles. The van der Waals surface area contributed by atoms with Crippen molar-refractivity contribution >= 4 is 5.95 Å². The molecule has 0 radical (unpaired) electrons. The van der Waals surface area contributed by atoms with Crippen molar-refractivity contribution < 1.29 is 17.9 Å². The van der Waals surface area contributed by atoms with Crippen molar-refractivity contribution in [1.82, 2.24) is 9.97 Å². The lowest BCUT2D eigenvalue weighted by Gasteiger charge is -2.21. The van der Waals surface area contributed by atoms with E-state index in [1.807, 2.05) is 19.1 Å². The van der Waals surface area contributed by atoms with Gasteiger partial charge in [-0.2, -0.15) is 13.2 Å². The monoisotopic (exact) mass is 311 g/mol. The summed E-state index contributed by atoms with van der Waals surface area (Å²) in [7, 11) is 1.57. The Morgan fingerprint density at radius 2 is 1.82 bits per heavy atom. The summed E-state index contributed by atoms with van der Waals surface area (Å²) in [6, 6.07) is 8.18. The minimum Gasteiger partial charge on any atom is -0.497 e. The Hall–Kier alpha value is -2.31. The zero-order chi connectivity index (χ0) is 16.2. The number of ether oxygens (including phenoxy) is 1. The fraction of sp³-hybridized carbons (Fsp3) is 0.333. The van der Waals surface area contributed by atoms with E-state index in [4.69, 9.17) is 4.74 Å². The van der Waals surface area contributed by atoms with Gasteiger partial charge in [0, 0.05) is 19.3 Å². The van der Waals surface area contributed by atoms with Crippen LogP contribution < -0.4 is 9.64 Å². The van der Waals surface area contributed by atoms with Crippen LogP contribution in [-0.4, -0.2) is 23.6 Å². The molecule has 2 rings (SSSR count). The number of methoxy groups -OCH3 is 1. The zero-order valence-electron chi connectivity index (χ0n) is 12.3. The molecule has 0 unspecified atom stereocenters. The first-order valence-corrected chi connectivity index (χ1v) is 6.72. The highest BCUT2D eigenvalue weighted by Crippen LogP contribution is 2.28. The zero-order valence-corrected chi connectivity index (χ0v) is 12.3. The number of hydrogen-bond donors (Lipinski definition) is 0. The minimum absolute atomic E-state index is 0.0631. The number of benzene rings is 1. The Bertz CT molecular complexity index is 614. The number of nitrogens with zero attached hydrogens (tertiary/aromatic N) is 3. The molecule has 0 N–H and O–H groups in total. The average molecular weight is 311 g/mol. The molecule has 0 amide bonds. The molecule has 0 atom stereocenters. The lowest BCUT2D eigenvalue weighted by Crippen LogP contribution is -2.25. The Kier molecular flexibility index (Phi) is 4.85. The van der Waals surface area contributed by atoms with Gasteiger partial charge in [-0.1, -0.05) is 12.1 Å². The van der Waals surface area contributed by atoms with Crippen LogP contribution in [0, 0.1) is 0 Å². The van der Waals surface area contributed by atoms with Gasteiger partial charge < -0.3 is 9.64 Å². The van der Waals surface area contributed by atoms with Crippen molar-refractivity contribution in [3.05, 3.63) is 47.8 Å². The van der Waals surface area contributed by atoms with Gasteiger partial charge in [0.05, 0.1) is 7.11 Å². The number of alkyl halides is 3. The maximum atomic E-state index is 12.7. The van der Waals surface area contributed by atoms with Crippen molar-refractivity contribution in [1.29, 1.82) is 0 Å². The number of rotatable bonds is 5. The second-order valence-corrected chi connectivity index (χ2v) is 4.60. The van der Waals surface area contributed by atoms with Crippen LogP contribution in [0.3, 0.4) is 0 Å². The highest BCUT2D eigenvalue weighted by atomic mass is 19.4. The van der Waals surface area contributed by atoms with Gasteiger partial charge in [-0.15, -0.1) is 0 Å². The molecule has 22 heavy (non-hydrogen) atoms. The van der Waals surface area contributed by atoms with Crippen molar-refractivity contribution in [3.63, 3.8) is 0 Å². The van der Waals surface area contributed by atoms with Crippen LogP contribution in [0.2, 0.25) is 0 Å². The fourth-order valence-electron chi connectivity index (χ4n) is 1.93. The van der Waals surface area contributed by atoms with Crippen LogP contribution in [0.25, 0.3) is 0 Å². The maximum absolute atomic E-state index is 12.7. The van der Waals surface area contributed by atoms with E-state index in [0.717, 1.165) is 23.6 Å². The van der Waals surface area contributed by atoms with Crippen LogP contribution in [0.5, 0.6) is 5.75 Å². The van der Waals surface area contributed by atoms with Gasteiger partial charge in [-0.3, -0.25) is 0 Å². The Labute approximate surface area is 126 Å². The normalized spacial score (nSPS) is 11.3. The van der Waals surface area contributed by atoms with Crippen molar-refractivity contribution in [2.45, 2.75) is 19.6 Å². The van der Waals surface area contributed by atoms with E-state index in [1.54, 1.807) is 24.1 Å². The minimum atomic E-state index is -4.47. The number of halogens is 3. The highest BCUT2D eigenvalue weighted by molar-refractivity contribution is 5.35. The smallest absolute Gasteiger partial charge is 0.433 e. The average Bonchev–Trinajstić information content (AvgIpc) is 2.52. The van der Waals surface area contributed by atoms with Crippen molar-refractivity contribution in [3.8, 4) is 5.75 Å². The molecule has 7 heteroatoms.